The van der Waals surface area contributed by atoms with E-state index in [9.17, 15) is 0 Å². The van der Waals surface area contributed by atoms with Crippen LogP contribution in [0.3, 0.4) is 0 Å². The highest BCUT2D eigenvalue weighted by Crippen LogP contribution is 2.19. The number of halogens is 1. The monoisotopic (exact) mass is 556 g/mol. The van der Waals surface area contributed by atoms with E-state index in [1.54, 1.807) is 21.3 Å². The molecule has 0 N–H and O–H groups in total. The molecule has 5 heteroatoms. The third kappa shape index (κ3) is 19.5. The predicted octanol–water partition coefficient (Wildman–Crippen LogP) is 9.10. The molecule has 0 unspecified atom stereocenters. The lowest BCUT2D eigenvalue weighted by atomic mass is 10.0. The van der Waals surface area contributed by atoms with Gasteiger partial charge in [-0.3, -0.25) is 0 Å². The van der Waals surface area contributed by atoms with E-state index in [2.05, 4.69) is 22.6 Å². The third-order valence-electron chi connectivity index (χ3n) is 6.30. The molecule has 0 amide bonds. The number of hydrogen-bond acceptors (Lipinski definition) is 3. The molecule has 0 heterocycles. The molecular formula is C25H53IO3Si. The van der Waals surface area contributed by atoms with Crippen molar-refractivity contribution < 1.29 is 13.3 Å². The van der Waals surface area contributed by atoms with Crippen molar-refractivity contribution in [1.29, 1.82) is 0 Å². The molecule has 0 fully saturated rings. The zero-order valence-corrected chi connectivity index (χ0v) is 23.8. The molecule has 0 aromatic heterocycles. The molecule has 0 radical (unpaired) electrons. The second kappa shape index (κ2) is 24.5. The third-order valence-corrected chi connectivity index (χ3v) is 9.89. The fraction of sp³-hybridized carbons (Fsp3) is 1.00. The topological polar surface area (TPSA) is 27.7 Å². The lowest BCUT2D eigenvalue weighted by Crippen LogP contribution is -2.42. The molecule has 0 aliphatic heterocycles. The van der Waals surface area contributed by atoms with Gasteiger partial charge in [0.25, 0.3) is 0 Å². The van der Waals surface area contributed by atoms with Crippen molar-refractivity contribution in [3.8, 4) is 0 Å². The molecule has 0 bridgehead atoms. The Bertz CT molecular complexity index is 319. The number of unbranched alkanes of at least 4 members (excludes halogenated alkanes) is 19. The van der Waals surface area contributed by atoms with Crippen LogP contribution in [0.25, 0.3) is 0 Å². The summed E-state index contributed by atoms with van der Waals surface area (Å²) in [6.45, 7) is 0. The van der Waals surface area contributed by atoms with Gasteiger partial charge in [-0.15, -0.1) is 0 Å². The summed E-state index contributed by atoms with van der Waals surface area (Å²) < 4.78 is 17.8. The average Bonchev–Trinajstić information content (AvgIpc) is 2.78. The van der Waals surface area contributed by atoms with Crippen molar-refractivity contribution in [3.05, 3.63) is 0 Å². The lowest BCUT2D eigenvalue weighted by Gasteiger charge is -2.24. The Morgan fingerprint density at radius 1 is 0.400 bits per heavy atom. The van der Waals surface area contributed by atoms with Gasteiger partial charge in [-0.1, -0.05) is 138 Å². The summed E-state index contributed by atoms with van der Waals surface area (Å²) in [6.07, 6.45) is 28.3. The zero-order valence-electron chi connectivity index (χ0n) is 20.7. The summed E-state index contributed by atoms with van der Waals surface area (Å²) in [7, 11) is 2.78. The maximum atomic E-state index is 5.47. The molecule has 0 saturated carbocycles. The highest BCUT2D eigenvalue weighted by Gasteiger charge is 2.36. The van der Waals surface area contributed by atoms with Crippen LogP contribution in [-0.2, 0) is 13.3 Å². The van der Waals surface area contributed by atoms with Crippen LogP contribution in [0.5, 0.6) is 0 Å². The van der Waals surface area contributed by atoms with Crippen molar-refractivity contribution >= 4 is 31.4 Å². The number of rotatable bonds is 25. The first-order valence-corrected chi connectivity index (χ1v) is 16.4. The van der Waals surface area contributed by atoms with Crippen LogP contribution in [0.2, 0.25) is 6.04 Å². The molecule has 30 heavy (non-hydrogen) atoms. The van der Waals surface area contributed by atoms with Gasteiger partial charge in [0.05, 0.1) is 0 Å². The first kappa shape index (κ1) is 30.8. The molecule has 0 aliphatic rings. The van der Waals surface area contributed by atoms with E-state index >= 15 is 0 Å². The van der Waals surface area contributed by atoms with E-state index in [0.717, 1.165) is 12.5 Å². The van der Waals surface area contributed by atoms with E-state index < -0.39 is 8.80 Å². The summed E-state index contributed by atoms with van der Waals surface area (Å²) in [5.74, 6) is 0. The van der Waals surface area contributed by atoms with Crippen LogP contribution >= 0.6 is 22.6 Å². The van der Waals surface area contributed by atoms with E-state index in [1.165, 1.54) is 126 Å². The van der Waals surface area contributed by atoms with Crippen LogP contribution in [0.15, 0.2) is 0 Å². The molecule has 0 aromatic carbocycles. The highest BCUT2D eigenvalue weighted by atomic mass is 127. The molecule has 0 atom stereocenters. The molecular weight excluding hydrogens is 503 g/mol. The summed E-state index contributed by atoms with van der Waals surface area (Å²) in [5, 5.41) is 0. The minimum atomic E-state index is -2.33. The van der Waals surface area contributed by atoms with Gasteiger partial charge in [0.2, 0.25) is 0 Å². The molecule has 0 aliphatic carbocycles. The predicted molar refractivity (Wildman–Crippen MR) is 143 cm³/mol. The van der Waals surface area contributed by atoms with Gasteiger partial charge in [0.15, 0.2) is 0 Å². The summed E-state index contributed by atoms with van der Waals surface area (Å²) >= 11 is 2.49. The maximum absolute atomic E-state index is 5.47. The molecule has 0 rings (SSSR count). The van der Waals surface area contributed by atoms with Crippen LogP contribution < -0.4 is 0 Å². The Balaban J connectivity index is 3.16. The van der Waals surface area contributed by atoms with Crippen LogP contribution in [0.1, 0.15) is 128 Å². The van der Waals surface area contributed by atoms with Crippen LogP contribution in [0.4, 0.5) is 0 Å². The standard InChI is InChI=1S/C25H53IO3Si/c1-27-30(28-2,29-3)25-23-21-19-17-15-13-11-9-7-5-4-6-8-10-12-14-16-18-20-22-24-26/h4-25H2,1-3H3. The normalized spacial score (nSPS) is 12.0. The van der Waals surface area contributed by atoms with E-state index in [-0.39, 0.29) is 0 Å². The second-order valence-electron chi connectivity index (χ2n) is 8.81. The summed E-state index contributed by atoms with van der Waals surface area (Å²) in [5.41, 5.74) is 0. The van der Waals surface area contributed by atoms with Gasteiger partial charge in [0.1, 0.15) is 0 Å². The molecule has 3 nitrogen and oxygen atoms in total. The fourth-order valence-corrected chi connectivity index (χ4v) is 6.51. The van der Waals surface area contributed by atoms with Crippen LogP contribution in [-0.4, -0.2) is 34.6 Å². The quantitative estimate of drug-likeness (QED) is 0.0486. The summed E-state index contributed by atoms with van der Waals surface area (Å²) in [4.78, 5) is 0. The molecule has 182 valence electrons. The van der Waals surface area contributed by atoms with Gasteiger partial charge < -0.3 is 13.3 Å². The zero-order chi connectivity index (χ0) is 22.2. The maximum Gasteiger partial charge on any atom is 0.500 e. The Morgan fingerprint density at radius 3 is 0.867 bits per heavy atom. The number of alkyl halides is 1. The SMILES string of the molecule is CO[Si](CCCCCCCCCCCCCCCCCCCCCCI)(OC)OC. The van der Waals surface area contributed by atoms with E-state index in [4.69, 9.17) is 13.3 Å². The highest BCUT2D eigenvalue weighted by molar-refractivity contribution is 14.1. The summed E-state index contributed by atoms with van der Waals surface area (Å²) in [6, 6.07) is 0.940. The molecule has 0 spiro atoms. The van der Waals surface area contributed by atoms with Gasteiger partial charge in [0, 0.05) is 27.4 Å². The largest absolute Gasteiger partial charge is 0.500 e. The second-order valence-corrected chi connectivity index (χ2v) is 13.0. The smallest absolute Gasteiger partial charge is 0.377 e. The Labute approximate surface area is 204 Å². The Kier molecular flexibility index (Phi) is 25.1. The first-order chi connectivity index (χ1) is 14.7. The average molecular weight is 557 g/mol. The van der Waals surface area contributed by atoms with Crippen molar-refractivity contribution in [2.45, 2.75) is 134 Å². The molecule has 0 saturated heterocycles. The first-order valence-electron chi connectivity index (χ1n) is 13.0. The minimum absolute atomic E-state index is 0.940. The van der Waals surface area contributed by atoms with Crippen molar-refractivity contribution in [2.75, 3.05) is 25.8 Å². The van der Waals surface area contributed by atoms with Crippen LogP contribution in [0, 0.1) is 0 Å². The fourth-order valence-electron chi connectivity index (χ4n) is 4.17. The van der Waals surface area contributed by atoms with E-state index in [1.807, 2.05) is 0 Å². The lowest BCUT2D eigenvalue weighted by molar-refractivity contribution is 0.122. The van der Waals surface area contributed by atoms with Crippen molar-refractivity contribution in [1.82, 2.24) is 0 Å². The Hall–Kier alpha value is 0.827. The van der Waals surface area contributed by atoms with Gasteiger partial charge in [-0.2, -0.15) is 0 Å². The van der Waals surface area contributed by atoms with Crippen molar-refractivity contribution in [2.24, 2.45) is 0 Å². The van der Waals surface area contributed by atoms with Gasteiger partial charge in [-0.25, -0.2) is 0 Å². The van der Waals surface area contributed by atoms with E-state index in [0.29, 0.717) is 0 Å². The Morgan fingerprint density at radius 2 is 0.633 bits per heavy atom. The van der Waals surface area contributed by atoms with Gasteiger partial charge >= 0.3 is 8.80 Å². The van der Waals surface area contributed by atoms with Crippen molar-refractivity contribution in [3.63, 3.8) is 0 Å². The van der Waals surface area contributed by atoms with Gasteiger partial charge in [-0.05, 0) is 17.3 Å². The molecule has 0 aromatic rings. The number of hydrogen-bond donors (Lipinski definition) is 0. The minimum Gasteiger partial charge on any atom is -0.377 e.